The van der Waals surface area contributed by atoms with E-state index in [9.17, 15) is 18.4 Å². The standard InChI is InChI=1S/C13H13F2NO2/c1-2-3-4-7-16-11-9(15)6-5-8(14)10(11)12(17)13(16)18/h5-6H,2-4,7H2,1H3. The molecule has 0 fully saturated rings. The fourth-order valence-corrected chi connectivity index (χ4v) is 2.09. The number of halogens is 2. The van der Waals surface area contributed by atoms with Crippen LogP contribution in [0.4, 0.5) is 14.5 Å². The Morgan fingerprint density at radius 1 is 1.11 bits per heavy atom. The van der Waals surface area contributed by atoms with Gasteiger partial charge in [-0.15, -0.1) is 0 Å². The summed E-state index contributed by atoms with van der Waals surface area (Å²) in [5, 5.41) is 0. The normalized spacial score (nSPS) is 14.3. The molecule has 0 aliphatic carbocycles. The minimum atomic E-state index is -0.960. The molecule has 18 heavy (non-hydrogen) atoms. The number of hydrogen-bond acceptors (Lipinski definition) is 2. The third-order valence-electron chi connectivity index (χ3n) is 3.00. The van der Waals surface area contributed by atoms with Crippen LogP contribution in [0.2, 0.25) is 0 Å². The lowest BCUT2D eigenvalue weighted by molar-refractivity contribution is -0.114. The van der Waals surface area contributed by atoms with E-state index in [-0.39, 0.29) is 12.2 Å². The number of hydrogen-bond donors (Lipinski definition) is 0. The SMILES string of the molecule is CCCCCN1C(=O)C(=O)c2c(F)ccc(F)c21. The van der Waals surface area contributed by atoms with Gasteiger partial charge in [-0.05, 0) is 18.6 Å². The van der Waals surface area contributed by atoms with Crippen molar-refractivity contribution in [3.8, 4) is 0 Å². The molecule has 2 rings (SSSR count). The van der Waals surface area contributed by atoms with Gasteiger partial charge >= 0.3 is 0 Å². The van der Waals surface area contributed by atoms with Crippen LogP contribution in [0, 0.1) is 11.6 Å². The monoisotopic (exact) mass is 253 g/mol. The van der Waals surface area contributed by atoms with Crippen LogP contribution in [0.3, 0.4) is 0 Å². The molecule has 1 amide bonds. The molecule has 0 radical (unpaired) electrons. The van der Waals surface area contributed by atoms with E-state index < -0.39 is 28.9 Å². The highest BCUT2D eigenvalue weighted by atomic mass is 19.1. The van der Waals surface area contributed by atoms with E-state index in [1.165, 1.54) is 0 Å². The first-order chi connectivity index (χ1) is 8.57. The van der Waals surface area contributed by atoms with E-state index in [0.29, 0.717) is 6.42 Å². The second-order valence-electron chi connectivity index (χ2n) is 4.25. The van der Waals surface area contributed by atoms with Gasteiger partial charge in [0.15, 0.2) is 0 Å². The third-order valence-corrected chi connectivity index (χ3v) is 3.00. The van der Waals surface area contributed by atoms with Crippen LogP contribution >= 0.6 is 0 Å². The van der Waals surface area contributed by atoms with Gasteiger partial charge in [0.05, 0.1) is 11.3 Å². The lowest BCUT2D eigenvalue weighted by Crippen LogP contribution is -2.31. The molecule has 0 spiro atoms. The molecule has 1 aromatic rings. The smallest absolute Gasteiger partial charge is 0.299 e. The quantitative estimate of drug-likeness (QED) is 0.611. The van der Waals surface area contributed by atoms with Gasteiger partial charge in [-0.25, -0.2) is 8.78 Å². The summed E-state index contributed by atoms with van der Waals surface area (Å²) in [5.41, 5.74) is -0.641. The molecule has 1 heterocycles. The number of nitrogens with zero attached hydrogens (tertiary/aromatic N) is 1. The Morgan fingerprint density at radius 3 is 2.44 bits per heavy atom. The van der Waals surface area contributed by atoms with Crippen LogP contribution in [0.1, 0.15) is 36.5 Å². The van der Waals surface area contributed by atoms with Crippen molar-refractivity contribution in [2.45, 2.75) is 26.2 Å². The highest BCUT2D eigenvalue weighted by Crippen LogP contribution is 2.33. The van der Waals surface area contributed by atoms with E-state index in [1.807, 2.05) is 6.92 Å². The maximum Gasteiger partial charge on any atom is 0.299 e. The van der Waals surface area contributed by atoms with Gasteiger partial charge in [-0.3, -0.25) is 9.59 Å². The predicted molar refractivity (Wildman–Crippen MR) is 62.6 cm³/mol. The molecule has 0 atom stereocenters. The van der Waals surface area contributed by atoms with Crippen molar-refractivity contribution in [1.82, 2.24) is 0 Å². The third kappa shape index (κ3) is 1.89. The van der Waals surface area contributed by atoms with Gasteiger partial charge in [0, 0.05) is 6.54 Å². The second-order valence-corrected chi connectivity index (χ2v) is 4.25. The molecule has 0 unspecified atom stereocenters. The first kappa shape index (κ1) is 12.7. The van der Waals surface area contributed by atoms with Gasteiger partial charge < -0.3 is 4.90 Å². The van der Waals surface area contributed by atoms with E-state index in [0.717, 1.165) is 29.9 Å². The maximum absolute atomic E-state index is 13.7. The van der Waals surface area contributed by atoms with Crippen molar-refractivity contribution < 1.29 is 18.4 Å². The Hall–Kier alpha value is -1.78. The van der Waals surface area contributed by atoms with Crippen molar-refractivity contribution in [2.24, 2.45) is 0 Å². The van der Waals surface area contributed by atoms with Crippen molar-refractivity contribution in [3.63, 3.8) is 0 Å². The number of rotatable bonds is 4. The first-order valence-electron chi connectivity index (χ1n) is 5.92. The van der Waals surface area contributed by atoms with E-state index in [4.69, 9.17) is 0 Å². The summed E-state index contributed by atoms with van der Waals surface area (Å²) in [6.07, 6.45) is 2.46. The number of fused-ring (bicyclic) bond motifs is 1. The van der Waals surface area contributed by atoms with Gasteiger partial charge in [0.2, 0.25) is 0 Å². The molecular formula is C13H13F2NO2. The van der Waals surface area contributed by atoms with Gasteiger partial charge in [0.1, 0.15) is 11.6 Å². The van der Waals surface area contributed by atoms with Gasteiger partial charge in [-0.2, -0.15) is 0 Å². The first-order valence-corrected chi connectivity index (χ1v) is 5.92. The number of carbonyl (C=O) groups excluding carboxylic acids is 2. The Labute approximate surface area is 103 Å². The van der Waals surface area contributed by atoms with Crippen molar-refractivity contribution in [3.05, 3.63) is 29.3 Å². The summed E-state index contributed by atoms with van der Waals surface area (Å²) in [4.78, 5) is 24.4. The number of Topliss-reactive ketones (excluding diaryl/α,β-unsaturated/α-hetero) is 1. The van der Waals surface area contributed by atoms with Crippen LogP contribution in [0.15, 0.2) is 12.1 Å². The minimum absolute atomic E-state index is 0.207. The molecule has 0 saturated carbocycles. The van der Waals surface area contributed by atoms with E-state index in [1.54, 1.807) is 0 Å². The summed E-state index contributed by atoms with van der Waals surface area (Å²) in [6, 6.07) is 1.81. The van der Waals surface area contributed by atoms with Crippen LogP contribution in [-0.4, -0.2) is 18.2 Å². The number of carbonyl (C=O) groups is 2. The fourth-order valence-electron chi connectivity index (χ4n) is 2.09. The molecular weight excluding hydrogens is 240 g/mol. The van der Waals surface area contributed by atoms with Gasteiger partial charge in [-0.1, -0.05) is 19.8 Å². The number of amides is 1. The molecule has 1 aromatic carbocycles. The predicted octanol–water partition coefficient (Wildman–Crippen LogP) is 2.68. The summed E-state index contributed by atoms with van der Waals surface area (Å²) < 4.78 is 27.2. The summed E-state index contributed by atoms with van der Waals surface area (Å²) in [7, 11) is 0. The second kappa shape index (κ2) is 4.84. The van der Waals surface area contributed by atoms with E-state index >= 15 is 0 Å². The number of benzene rings is 1. The molecule has 3 nitrogen and oxygen atoms in total. The Morgan fingerprint density at radius 2 is 1.78 bits per heavy atom. The topological polar surface area (TPSA) is 37.4 Å². The molecule has 0 saturated heterocycles. The summed E-state index contributed by atoms with van der Waals surface area (Å²) >= 11 is 0. The lowest BCUT2D eigenvalue weighted by atomic mass is 10.1. The molecule has 0 bridgehead atoms. The van der Waals surface area contributed by atoms with Crippen LogP contribution in [0.25, 0.3) is 0 Å². The molecule has 1 aliphatic heterocycles. The van der Waals surface area contributed by atoms with E-state index in [2.05, 4.69) is 0 Å². The maximum atomic E-state index is 13.7. The van der Waals surface area contributed by atoms with Crippen molar-refractivity contribution in [1.29, 1.82) is 0 Å². The molecule has 0 aromatic heterocycles. The average molecular weight is 253 g/mol. The zero-order chi connectivity index (χ0) is 13.3. The number of anilines is 1. The van der Waals surface area contributed by atoms with Crippen molar-refractivity contribution in [2.75, 3.05) is 11.4 Å². The minimum Gasteiger partial charge on any atom is -0.302 e. The van der Waals surface area contributed by atoms with Gasteiger partial charge in [0.25, 0.3) is 11.7 Å². The highest BCUT2D eigenvalue weighted by Gasteiger charge is 2.40. The largest absolute Gasteiger partial charge is 0.302 e. The van der Waals surface area contributed by atoms with Crippen LogP contribution in [0.5, 0.6) is 0 Å². The molecule has 0 N–H and O–H groups in total. The zero-order valence-electron chi connectivity index (χ0n) is 10.0. The van der Waals surface area contributed by atoms with Crippen molar-refractivity contribution >= 4 is 17.4 Å². The fraction of sp³-hybridized carbons (Fsp3) is 0.385. The average Bonchev–Trinajstić information content (AvgIpc) is 2.60. The number of ketones is 1. The lowest BCUT2D eigenvalue weighted by Gasteiger charge is -2.16. The summed E-state index contributed by atoms with van der Waals surface area (Å²) in [5.74, 6) is -3.38. The zero-order valence-corrected chi connectivity index (χ0v) is 10.0. The highest BCUT2D eigenvalue weighted by molar-refractivity contribution is 6.52. The molecule has 1 aliphatic rings. The Bertz CT molecular complexity index is 514. The van der Waals surface area contributed by atoms with Crippen LogP contribution < -0.4 is 4.90 Å². The molecule has 96 valence electrons. The Kier molecular flexibility index (Phi) is 3.41. The molecule has 5 heteroatoms. The number of unbranched alkanes of at least 4 members (excludes halogenated alkanes) is 2. The van der Waals surface area contributed by atoms with Crippen LogP contribution in [-0.2, 0) is 4.79 Å². The Balaban J connectivity index is 2.39. The summed E-state index contributed by atoms with van der Waals surface area (Å²) in [6.45, 7) is 2.23.